The van der Waals surface area contributed by atoms with E-state index in [1.165, 1.54) is 0 Å². The van der Waals surface area contributed by atoms with Crippen molar-refractivity contribution in [3.63, 3.8) is 0 Å². The van der Waals surface area contributed by atoms with Crippen LogP contribution in [-0.4, -0.2) is 14.7 Å². The van der Waals surface area contributed by atoms with Gasteiger partial charge in [-0.1, -0.05) is 35.5 Å². The Kier molecular flexibility index (Phi) is 3.12. The van der Waals surface area contributed by atoms with Gasteiger partial charge in [0.25, 0.3) is 0 Å². The van der Waals surface area contributed by atoms with Gasteiger partial charge in [0, 0.05) is 12.4 Å². The number of hydrogen-bond acceptors (Lipinski definition) is 4. The van der Waals surface area contributed by atoms with E-state index >= 15 is 0 Å². The summed E-state index contributed by atoms with van der Waals surface area (Å²) >= 11 is 0. The maximum absolute atomic E-state index is 5.52. The molecule has 0 saturated heterocycles. The second-order valence-electron chi connectivity index (χ2n) is 4.19. The van der Waals surface area contributed by atoms with Crippen LogP contribution in [0.5, 0.6) is 0 Å². The van der Waals surface area contributed by atoms with Crippen LogP contribution in [0.2, 0.25) is 0 Å². The molecular formula is C14H14N4O. The van der Waals surface area contributed by atoms with Crippen LogP contribution in [0.4, 0.5) is 0 Å². The van der Waals surface area contributed by atoms with Gasteiger partial charge in [-0.15, -0.1) is 0 Å². The van der Waals surface area contributed by atoms with Crippen LogP contribution in [0.1, 0.15) is 23.3 Å². The van der Waals surface area contributed by atoms with Crippen LogP contribution in [0.25, 0.3) is 0 Å². The largest absolute Gasteiger partial charge is 0.339 e. The number of aromatic nitrogens is 3. The van der Waals surface area contributed by atoms with Crippen molar-refractivity contribution in [2.75, 3.05) is 0 Å². The molecule has 96 valence electrons. The van der Waals surface area contributed by atoms with Gasteiger partial charge < -0.3 is 14.8 Å². The minimum Gasteiger partial charge on any atom is -0.339 e. The van der Waals surface area contributed by atoms with Crippen molar-refractivity contribution in [2.24, 2.45) is 5.73 Å². The molecule has 0 bridgehead atoms. The quantitative estimate of drug-likeness (QED) is 0.772. The van der Waals surface area contributed by atoms with Crippen molar-refractivity contribution >= 4 is 0 Å². The predicted molar refractivity (Wildman–Crippen MR) is 70.3 cm³/mol. The number of nitrogens with two attached hydrogens (primary N) is 1. The maximum Gasteiger partial charge on any atom is 0.240 e. The van der Waals surface area contributed by atoms with E-state index in [0.29, 0.717) is 11.7 Å². The van der Waals surface area contributed by atoms with Crippen molar-refractivity contribution < 1.29 is 4.52 Å². The molecule has 0 unspecified atom stereocenters. The first kappa shape index (κ1) is 11.7. The minimum atomic E-state index is -0.0970. The van der Waals surface area contributed by atoms with E-state index in [2.05, 4.69) is 10.1 Å². The molecule has 2 heterocycles. The zero-order valence-corrected chi connectivity index (χ0v) is 10.3. The highest BCUT2D eigenvalue weighted by atomic mass is 16.5. The average molecular weight is 254 g/mol. The summed E-state index contributed by atoms with van der Waals surface area (Å²) in [6.07, 6.45) is 3.96. The van der Waals surface area contributed by atoms with Crippen molar-refractivity contribution in [1.29, 1.82) is 0 Å². The zero-order valence-electron chi connectivity index (χ0n) is 10.3. The Morgan fingerprint density at radius 1 is 1.11 bits per heavy atom. The van der Waals surface area contributed by atoms with E-state index in [0.717, 1.165) is 5.56 Å². The zero-order chi connectivity index (χ0) is 13.1. The Labute approximate surface area is 110 Å². The van der Waals surface area contributed by atoms with E-state index in [1.807, 2.05) is 59.4 Å². The molecule has 19 heavy (non-hydrogen) atoms. The van der Waals surface area contributed by atoms with E-state index in [1.54, 1.807) is 0 Å². The normalized spacial score (nSPS) is 12.5. The molecule has 5 heteroatoms. The fraction of sp³-hybridized carbons (Fsp3) is 0.143. The lowest BCUT2D eigenvalue weighted by Crippen LogP contribution is -2.12. The van der Waals surface area contributed by atoms with E-state index in [-0.39, 0.29) is 12.6 Å². The van der Waals surface area contributed by atoms with E-state index < -0.39 is 0 Å². The Morgan fingerprint density at radius 2 is 1.84 bits per heavy atom. The van der Waals surface area contributed by atoms with Gasteiger partial charge in [-0.3, -0.25) is 0 Å². The van der Waals surface area contributed by atoms with Gasteiger partial charge in [0.15, 0.2) is 5.82 Å². The highest BCUT2D eigenvalue weighted by Crippen LogP contribution is 2.24. The second-order valence-corrected chi connectivity index (χ2v) is 4.19. The van der Waals surface area contributed by atoms with Crippen molar-refractivity contribution in [3.8, 4) is 0 Å². The molecule has 0 fully saturated rings. The average Bonchev–Trinajstić information content (AvgIpc) is 3.12. The van der Waals surface area contributed by atoms with Gasteiger partial charge in [0.2, 0.25) is 5.89 Å². The Morgan fingerprint density at radius 3 is 2.47 bits per heavy atom. The van der Waals surface area contributed by atoms with Gasteiger partial charge in [0.1, 0.15) is 6.04 Å². The molecular weight excluding hydrogens is 240 g/mol. The number of benzene rings is 1. The third-order valence-corrected chi connectivity index (χ3v) is 2.94. The van der Waals surface area contributed by atoms with Gasteiger partial charge in [-0.25, -0.2) is 0 Å². The molecule has 1 aromatic carbocycles. The Balaban J connectivity index is 2.07. The van der Waals surface area contributed by atoms with E-state index in [9.17, 15) is 0 Å². The van der Waals surface area contributed by atoms with Gasteiger partial charge >= 0.3 is 0 Å². The number of nitrogens with zero attached hydrogens (tertiary/aromatic N) is 3. The maximum atomic E-state index is 5.52. The molecule has 3 aromatic rings. The molecule has 0 saturated carbocycles. The first-order valence-corrected chi connectivity index (χ1v) is 6.08. The summed E-state index contributed by atoms with van der Waals surface area (Å²) < 4.78 is 7.16. The van der Waals surface area contributed by atoms with Crippen molar-refractivity contribution in [1.82, 2.24) is 14.7 Å². The summed E-state index contributed by atoms with van der Waals surface area (Å²) in [6, 6.07) is 13.9. The summed E-state index contributed by atoms with van der Waals surface area (Å²) in [7, 11) is 0. The van der Waals surface area contributed by atoms with Crippen LogP contribution >= 0.6 is 0 Å². The van der Waals surface area contributed by atoms with Crippen LogP contribution in [0, 0.1) is 0 Å². The summed E-state index contributed by atoms with van der Waals surface area (Å²) in [4.78, 5) is 4.34. The fourth-order valence-electron chi connectivity index (χ4n) is 2.07. The third kappa shape index (κ3) is 2.28. The lowest BCUT2D eigenvalue weighted by Gasteiger charge is -2.15. The smallest absolute Gasteiger partial charge is 0.240 e. The molecule has 2 aromatic heterocycles. The summed E-state index contributed by atoms with van der Waals surface area (Å²) in [6.45, 7) is 0.250. The lowest BCUT2D eigenvalue weighted by atomic mass is 10.1. The van der Waals surface area contributed by atoms with Crippen LogP contribution in [-0.2, 0) is 6.54 Å². The van der Waals surface area contributed by atoms with Gasteiger partial charge in [-0.05, 0) is 17.7 Å². The monoisotopic (exact) mass is 254 g/mol. The van der Waals surface area contributed by atoms with Crippen molar-refractivity contribution in [3.05, 3.63) is 72.1 Å². The second kappa shape index (κ2) is 5.07. The molecule has 0 radical (unpaired) electrons. The molecule has 5 nitrogen and oxygen atoms in total. The molecule has 0 aliphatic rings. The SMILES string of the molecule is NCc1nc([C@@H](c2ccccc2)n2cccc2)no1. The number of rotatable bonds is 4. The Hall–Kier alpha value is -2.40. The first-order chi connectivity index (χ1) is 9.38. The topological polar surface area (TPSA) is 69.9 Å². The van der Waals surface area contributed by atoms with Crippen LogP contribution < -0.4 is 5.73 Å². The minimum absolute atomic E-state index is 0.0970. The molecule has 2 N–H and O–H groups in total. The summed E-state index contributed by atoms with van der Waals surface area (Å²) in [5.74, 6) is 1.06. The van der Waals surface area contributed by atoms with Gasteiger partial charge in [-0.2, -0.15) is 4.98 Å². The highest BCUT2D eigenvalue weighted by Gasteiger charge is 2.21. The lowest BCUT2D eigenvalue weighted by molar-refractivity contribution is 0.371. The molecule has 0 aliphatic carbocycles. The summed E-state index contributed by atoms with van der Waals surface area (Å²) in [5.41, 5.74) is 6.62. The third-order valence-electron chi connectivity index (χ3n) is 2.94. The molecule has 0 spiro atoms. The van der Waals surface area contributed by atoms with Crippen LogP contribution in [0.15, 0.2) is 59.4 Å². The predicted octanol–water partition coefficient (Wildman–Crippen LogP) is 1.97. The van der Waals surface area contributed by atoms with E-state index in [4.69, 9.17) is 10.3 Å². The summed E-state index contributed by atoms with van der Waals surface area (Å²) in [5, 5.41) is 4.03. The Bertz CT molecular complexity index is 631. The molecule has 0 aliphatic heterocycles. The molecule has 3 rings (SSSR count). The first-order valence-electron chi connectivity index (χ1n) is 6.08. The molecule has 1 atom stereocenters. The highest BCUT2D eigenvalue weighted by molar-refractivity contribution is 5.26. The van der Waals surface area contributed by atoms with Crippen molar-refractivity contribution in [2.45, 2.75) is 12.6 Å². The standard InChI is InChI=1S/C14H14N4O/c15-10-12-16-14(17-19-12)13(18-8-4-5-9-18)11-6-2-1-3-7-11/h1-9,13H,10,15H2/t13-/m1/s1. The number of hydrogen-bond donors (Lipinski definition) is 1. The van der Waals surface area contributed by atoms with Crippen LogP contribution in [0.3, 0.4) is 0 Å². The fourth-order valence-corrected chi connectivity index (χ4v) is 2.07. The molecule has 0 amide bonds. The van der Waals surface area contributed by atoms with Gasteiger partial charge in [0.05, 0.1) is 6.54 Å².